The summed E-state index contributed by atoms with van der Waals surface area (Å²) >= 11 is 0. The van der Waals surface area contributed by atoms with Crippen molar-refractivity contribution in [2.24, 2.45) is 5.92 Å². The zero-order valence-electron chi connectivity index (χ0n) is 32.2. The molecule has 2 bridgehead atoms. The zero-order valence-corrected chi connectivity index (χ0v) is 32.2. The number of rotatable bonds is 22. The van der Waals surface area contributed by atoms with Crippen LogP contribution in [0.4, 0.5) is 0 Å². The fraction of sp³-hybridized carbons (Fsp3) is 0.548. The van der Waals surface area contributed by atoms with E-state index in [0.717, 1.165) is 44.8 Å². The second-order valence-corrected chi connectivity index (χ2v) is 14.6. The summed E-state index contributed by atoms with van der Waals surface area (Å²) in [6, 6.07) is 19.7. The molecule has 8 atom stereocenters. The maximum absolute atomic E-state index is 13.2. The number of carbonyl (C=O) groups excluding carboxylic acids is 3. The average molecular weight is 783 g/mol. The Morgan fingerprint density at radius 3 is 2.11 bits per heavy atom. The number of aryl methyl sites for hydroxylation is 1. The number of aliphatic carboxylic acids is 2. The molecule has 2 aliphatic rings. The standard InChI is InChI=1S/C42H54O14/c1-28(18-16-24-31-22-13-9-14-23-31)32(53-29(2)43)25-17-27-40-34(45)35(42(56-40,39(49)50)41(51,38(47)48)36(55-40)37(46)52-3)54-33(44)26-15-7-5-4-6-10-19-30-20-11-8-12-21-30/h8-9,11-14,16,20-24,28,32,34-36,45,51H,4-7,10,15,17-19,25-27H2,1-3H3,(H,47,48)(H,49,50). The van der Waals surface area contributed by atoms with Gasteiger partial charge in [-0.15, -0.1) is 0 Å². The van der Waals surface area contributed by atoms with Crippen molar-refractivity contribution >= 4 is 35.9 Å². The first-order valence-corrected chi connectivity index (χ1v) is 19.2. The molecule has 56 heavy (non-hydrogen) atoms. The SMILES string of the molecule is COC(=O)C1OC2(CCCC(OC(C)=O)C(C)CC=Cc3ccccc3)OC(C(=O)O)(C(OC(=O)CCCCCCCCc3ccccc3)C2O)C1(O)C(=O)O. The summed E-state index contributed by atoms with van der Waals surface area (Å²) < 4.78 is 27.4. The van der Waals surface area contributed by atoms with Crippen LogP contribution in [0, 0.1) is 5.92 Å². The molecule has 2 aromatic rings. The number of hydrogen-bond donors (Lipinski definition) is 4. The van der Waals surface area contributed by atoms with Crippen LogP contribution in [0.15, 0.2) is 66.7 Å². The molecule has 2 aliphatic heterocycles. The van der Waals surface area contributed by atoms with E-state index in [1.807, 2.05) is 67.6 Å². The van der Waals surface area contributed by atoms with Gasteiger partial charge in [0.25, 0.3) is 0 Å². The summed E-state index contributed by atoms with van der Waals surface area (Å²) in [5, 5.41) is 44.3. The quantitative estimate of drug-likeness (QED) is 0.0703. The Bertz CT molecular complexity index is 1660. The number of hydrogen-bond acceptors (Lipinski definition) is 12. The van der Waals surface area contributed by atoms with Crippen LogP contribution in [0.2, 0.25) is 0 Å². The number of aliphatic hydroxyl groups excluding tert-OH is 1. The van der Waals surface area contributed by atoms with Gasteiger partial charge >= 0.3 is 29.8 Å². The van der Waals surface area contributed by atoms with Crippen LogP contribution < -0.4 is 0 Å². The third-order valence-corrected chi connectivity index (χ3v) is 10.6. The smallest absolute Gasteiger partial charge is 0.344 e. The van der Waals surface area contributed by atoms with Crippen molar-refractivity contribution in [1.82, 2.24) is 0 Å². The third-order valence-electron chi connectivity index (χ3n) is 10.6. The summed E-state index contributed by atoms with van der Waals surface area (Å²) in [6.07, 6.45) is 1.96. The second kappa shape index (κ2) is 20.0. The molecule has 14 heteroatoms. The summed E-state index contributed by atoms with van der Waals surface area (Å²) in [7, 11) is 0.875. The summed E-state index contributed by atoms with van der Waals surface area (Å²) in [5.74, 6) is -10.0. The predicted molar refractivity (Wildman–Crippen MR) is 201 cm³/mol. The summed E-state index contributed by atoms with van der Waals surface area (Å²) in [5.41, 5.74) is -4.89. The van der Waals surface area contributed by atoms with Gasteiger partial charge in [-0.1, -0.05) is 105 Å². The van der Waals surface area contributed by atoms with E-state index in [1.165, 1.54) is 12.5 Å². The number of benzene rings is 2. The lowest BCUT2D eigenvalue weighted by Crippen LogP contribution is -2.78. The van der Waals surface area contributed by atoms with Gasteiger partial charge in [0.05, 0.1) is 7.11 Å². The second-order valence-electron chi connectivity index (χ2n) is 14.6. The van der Waals surface area contributed by atoms with Gasteiger partial charge in [-0.25, -0.2) is 14.4 Å². The van der Waals surface area contributed by atoms with E-state index >= 15 is 0 Å². The number of fused-ring (bicyclic) bond motifs is 2. The van der Waals surface area contributed by atoms with E-state index in [1.54, 1.807) is 0 Å². The van der Waals surface area contributed by atoms with Crippen LogP contribution in [0.25, 0.3) is 6.08 Å². The maximum Gasteiger partial charge on any atom is 0.344 e. The van der Waals surface area contributed by atoms with E-state index in [0.29, 0.717) is 19.3 Å². The minimum Gasteiger partial charge on any atom is -0.479 e. The van der Waals surface area contributed by atoms with E-state index in [2.05, 4.69) is 12.1 Å². The molecule has 2 aromatic carbocycles. The molecule has 0 aromatic heterocycles. The first kappa shape index (κ1) is 44.1. The molecule has 0 aliphatic carbocycles. The molecule has 306 valence electrons. The number of allylic oxidation sites excluding steroid dienone is 1. The molecule has 2 heterocycles. The molecular weight excluding hydrogens is 728 g/mol. The fourth-order valence-electron chi connectivity index (χ4n) is 7.55. The van der Waals surface area contributed by atoms with Crippen molar-refractivity contribution in [1.29, 1.82) is 0 Å². The average Bonchev–Trinajstić information content (AvgIpc) is 3.38. The highest BCUT2D eigenvalue weighted by Crippen LogP contribution is 2.56. The Labute approximate surface area is 326 Å². The van der Waals surface area contributed by atoms with Crippen molar-refractivity contribution in [2.75, 3.05) is 7.11 Å². The Kier molecular flexibility index (Phi) is 15.7. The number of ether oxygens (including phenoxy) is 5. The van der Waals surface area contributed by atoms with Gasteiger partial charge in [0.15, 0.2) is 6.10 Å². The molecule has 4 rings (SSSR count). The molecule has 0 spiro atoms. The third kappa shape index (κ3) is 10.0. The molecule has 0 radical (unpaired) electrons. The number of methoxy groups -OCH3 is 1. The van der Waals surface area contributed by atoms with Crippen molar-refractivity contribution in [3.05, 3.63) is 77.9 Å². The highest BCUT2D eigenvalue weighted by molar-refractivity contribution is 5.98. The first-order valence-electron chi connectivity index (χ1n) is 19.2. The lowest BCUT2D eigenvalue weighted by molar-refractivity contribution is -0.374. The number of esters is 3. The van der Waals surface area contributed by atoms with Gasteiger partial charge in [-0.05, 0) is 55.6 Å². The number of carbonyl (C=O) groups is 5. The normalized spacial score (nSPS) is 26.6. The van der Waals surface area contributed by atoms with Crippen LogP contribution in [-0.2, 0) is 54.1 Å². The largest absolute Gasteiger partial charge is 0.479 e. The van der Waals surface area contributed by atoms with Crippen LogP contribution >= 0.6 is 0 Å². The molecule has 0 saturated carbocycles. The van der Waals surface area contributed by atoms with E-state index in [9.17, 15) is 44.4 Å². The van der Waals surface area contributed by atoms with Gasteiger partial charge < -0.3 is 44.1 Å². The van der Waals surface area contributed by atoms with Crippen LogP contribution in [-0.4, -0.2) is 98.8 Å². The van der Waals surface area contributed by atoms with Crippen molar-refractivity contribution in [3.63, 3.8) is 0 Å². The molecule has 2 fully saturated rings. The molecular formula is C42H54O14. The monoisotopic (exact) mass is 782 g/mol. The number of carboxylic acids is 2. The molecule has 2 saturated heterocycles. The van der Waals surface area contributed by atoms with E-state index < -0.39 is 77.7 Å². The first-order chi connectivity index (χ1) is 26.7. The van der Waals surface area contributed by atoms with Gasteiger partial charge in [0.1, 0.15) is 12.2 Å². The Morgan fingerprint density at radius 2 is 1.50 bits per heavy atom. The van der Waals surface area contributed by atoms with Gasteiger partial charge in [-0.2, -0.15) is 0 Å². The topological polar surface area (TPSA) is 212 Å². The predicted octanol–water partition coefficient (Wildman–Crippen LogP) is 5.01. The van der Waals surface area contributed by atoms with Crippen LogP contribution in [0.3, 0.4) is 0 Å². The van der Waals surface area contributed by atoms with Gasteiger partial charge in [-0.3, -0.25) is 9.59 Å². The summed E-state index contributed by atoms with van der Waals surface area (Å²) in [6.45, 7) is 3.13. The highest BCUT2D eigenvalue weighted by Gasteiger charge is 2.86. The number of unbranched alkanes of at least 4 members (excludes halogenated alkanes) is 5. The Hall–Kier alpha value is -4.63. The zero-order chi connectivity index (χ0) is 40.9. The number of carboxylic acid groups (broad SMARTS) is 2. The molecule has 0 amide bonds. The van der Waals surface area contributed by atoms with E-state index in [-0.39, 0.29) is 25.2 Å². The molecule has 14 nitrogen and oxygen atoms in total. The highest BCUT2D eigenvalue weighted by atomic mass is 16.8. The lowest BCUT2D eigenvalue weighted by atomic mass is 9.74. The van der Waals surface area contributed by atoms with Gasteiger partial charge in [0, 0.05) is 19.8 Å². The van der Waals surface area contributed by atoms with E-state index in [4.69, 9.17) is 23.7 Å². The summed E-state index contributed by atoms with van der Waals surface area (Å²) in [4.78, 5) is 64.2. The molecule has 4 N–H and O–H groups in total. The van der Waals surface area contributed by atoms with Crippen molar-refractivity contribution in [2.45, 2.75) is 132 Å². The van der Waals surface area contributed by atoms with Gasteiger partial charge in [0.2, 0.25) is 23.1 Å². The maximum atomic E-state index is 13.2. The lowest BCUT2D eigenvalue weighted by Gasteiger charge is -2.49. The number of aliphatic hydroxyl groups is 2. The minimum atomic E-state index is -3.72. The van der Waals surface area contributed by atoms with Crippen molar-refractivity contribution < 1.29 is 68.1 Å². The van der Waals surface area contributed by atoms with Crippen LogP contribution in [0.1, 0.15) is 95.6 Å². The fourth-order valence-corrected chi connectivity index (χ4v) is 7.55. The molecule has 8 unspecified atom stereocenters. The van der Waals surface area contributed by atoms with Crippen molar-refractivity contribution in [3.8, 4) is 0 Å². The Morgan fingerprint density at radius 1 is 0.875 bits per heavy atom. The Balaban J connectivity index is 1.48. The van der Waals surface area contributed by atoms with Crippen LogP contribution in [0.5, 0.6) is 0 Å². The minimum absolute atomic E-state index is 0.0167.